The normalized spacial score (nSPS) is 19.6. The first-order valence-electron chi connectivity index (χ1n) is 20.5. The molecular formula is C41H47FN12O6S. The molecule has 0 aliphatic carbocycles. The number of aromatic nitrogens is 6. The van der Waals surface area contributed by atoms with Crippen LogP contribution >= 0.6 is 0 Å². The Morgan fingerprint density at radius 2 is 1.80 bits per heavy atom. The molecule has 61 heavy (non-hydrogen) atoms. The number of hydrogen-bond donors (Lipinski definition) is 2. The molecule has 0 saturated carbocycles. The minimum absolute atomic E-state index is 0.00457. The number of aromatic amines is 1. The molecule has 9 rings (SSSR count). The number of anilines is 2. The van der Waals surface area contributed by atoms with E-state index in [1.807, 2.05) is 36.8 Å². The highest BCUT2D eigenvalue weighted by atomic mass is 32.2. The second-order valence-electron chi connectivity index (χ2n) is 16.3. The number of carbonyl (C=O) groups is 3. The first-order chi connectivity index (χ1) is 29.3. The lowest BCUT2D eigenvalue weighted by Gasteiger charge is -2.36. The molecule has 0 radical (unpaired) electrons. The maximum absolute atomic E-state index is 15.5. The Morgan fingerprint density at radius 3 is 2.52 bits per heavy atom. The van der Waals surface area contributed by atoms with Crippen LogP contribution in [0.1, 0.15) is 61.0 Å². The molecular weight excluding hydrogens is 808 g/mol. The molecule has 0 spiro atoms. The summed E-state index contributed by atoms with van der Waals surface area (Å²) >= 11 is 0. The van der Waals surface area contributed by atoms with Crippen molar-refractivity contribution in [1.29, 1.82) is 0 Å². The van der Waals surface area contributed by atoms with Crippen LogP contribution in [0.15, 0.2) is 60.0 Å². The van der Waals surface area contributed by atoms with Crippen LogP contribution in [0, 0.1) is 5.82 Å². The zero-order valence-corrected chi connectivity index (χ0v) is 34.9. The third-order valence-electron chi connectivity index (χ3n) is 12.0. The molecule has 4 aliphatic heterocycles. The molecule has 20 heteroatoms. The number of imide groups is 1. The van der Waals surface area contributed by atoms with E-state index in [9.17, 15) is 22.8 Å². The molecule has 320 valence electrons. The van der Waals surface area contributed by atoms with Crippen LogP contribution in [0.5, 0.6) is 5.75 Å². The molecule has 5 aromatic rings. The number of benzene rings is 2. The van der Waals surface area contributed by atoms with Gasteiger partial charge >= 0.3 is 0 Å². The van der Waals surface area contributed by atoms with Crippen molar-refractivity contribution in [2.45, 2.75) is 75.7 Å². The van der Waals surface area contributed by atoms with Gasteiger partial charge in [-0.15, -0.1) is 5.10 Å². The lowest BCUT2D eigenvalue weighted by molar-refractivity contribution is -0.136. The van der Waals surface area contributed by atoms with E-state index >= 15 is 4.39 Å². The van der Waals surface area contributed by atoms with Gasteiger partial charge in [-0.25, -0.2) is 17.8 Å². The van der Waals surface area contributed by atoms with Gasteiger partial charge in [0, 0.05) is 89.2 Å². The van der Waals surface area contributed by atoms with Crippen molar-refractivity contribution >= 4 is 45.0 Å². The van der Waals surface area contributed by atoms with Gasteiger partial charge in [0.15, 0.2) is 5.75 Å². The fourth-order valence-electron chi connectivity index (χ4n) is 8.71. The predicted molar refractivity (Wildman–Crippen MR) is 221 cm³/mol. The Kier molecular flexibility index (Phi) is 10.7. The Morgan fingerprint density at radius 1 is 1.02 bits per heavy atom. The van der Waals surface area contributed by atoms with Crippen LogP contribution in [0.2, 0.25) is 0 Å². The van der Waals surface area contributed by atoms with Gasteiger partial charge in [-0.2, -0.15) is 18.9 Å². The Hall–Kier alpha value is -5.99. The predicted octanol–water partition coefficient (Wildman–Crippen LogP) is 2.81. The number of nitrogens with one attached hydrogen (secondary N) is 2. The maximum Gasteiger partial charge on any atom is 0.255 e. The number of carbonyl (C=O) groups excluding carboxylic acids is 3. The van der Waals surface area contributed by atoms with E-state index in [1.165, 1.54) is 11.0 Å². The molecule has 3 fully saturated rings. The topological polar surface area (TPSA) is 195 Å². The monoisotopic (exact) mass is 854 g/mol. The summed E-state index contributed by atoms with van der Waals surface area (Å²) < 4.78 is 52.7. The highest BCUT2D eigenvalue weighted by Crippen LogP contribution is 2.35. The van der Waals surface area contributed by atoms with Crippen molar-refractivity contribution in [2.24, 2.45) is 0 Å². The number of ether oxygens (including phenoxy) is 1. The summed E-state index contributed by atoms with van der Waals surface area (Å²) in [7, 11) is -1.84. The SMILES string of the molecule is CC(C)Oc1c(-c2cn[nH]c2)ncn2nc(N(C)C3CCN(S(=O)(=O)c4cccc(CN5CCN(c6cc7c(cc6F)C(=O)N(C6CCC(=O)NC6=O)C7)CC5)c4)CC3)nc12. The van der Waals surface area contributed by atoms with Crippen molar-refractivity contribution in [3.63, 3.8) is 0 Å². The highest BCUT2D eigenvalue weighted by Gasteiger charge is 2.40. The maximum atomic E-state index is 15.5. The third-order valence-corrected chi connectivity index (χ3v) is 13.9. The average molecular weight is 855 g/mol. The van der Waals surface area contributed by atoms with Gasteiger partial charge in [0.05, 0.1) is 22.9 Å². The number of H-pyrrole nitrogens is 1. The highest BCUT2D eigenvalue weighted by molar-refractivity contribution is 7.89. The van der Waals surface area contributed by atoms with Gasteiger partial charge in [-0.1, -0.05) is 12.1 Å². The lowest BCUT2D eigenvalue weighted by Crippen LogP contribution is -2.52. The summed E-state index contributed by atoms with van der Waals surface area (Å²) in [5.41, 5.74) is 4.05. The lowest BCUT2D eigenvalue weighted by atomic mass is 10.0. The first-order valence-corrected chi connectivity index (χ1v) is 22.0. The van der Waals surface area contributed by atoms with E-state index in [4.69, 9.17) is 9.72 Å². The number of hydrogen-bond acceptors (Lipinski definition) is 13. The van der Waals surface area contributed by atoms with E-state index in [2.05, 4.69) is 30.5 Å². The molecule has 4 aliphatic rings. The number of fused-ring (bicyclic) bond motifs is 2. The smallest absolute Gasteiger partial charge is 0.255 e. The zero-order chi connectivity index (χ0) is 42.6. The van der Waals surface area contributed by atoms with Crippen LogP contribution in [0.3, 0.4) is 0 Å². The van der Waals surface area contributed by atoms with Crippen molar-refractivity contribution < 1.29 is 31.9 Å². The van der Waals surface area contributed by atoms with E-state index in [0.29, 0.717) is 92.9 Å². The molecule has 3 amide bonds. The van der Waals surface area contributed by atoms with Crippen LogP contribution in [-0.2, 0) is 32.7 Å². The van der Waals surface area contributed by atoms with Gasteiger partial charge in [0.2, 0.25) is 33.4 Å². The van der Waals surface area contributed by atoms with Crippen molar-refractivity contribution in [3.05, 3.63) is 77.6 Å². The number of rotatable bonds is 11. The van der Waals surface area contributed by atoms with Crippen LogP contribution in [0.4, 0.5) is 16.0 Å². The van der Waals surface area contributed by atoms with Gasteiger partial charge in [0.25, 0.3) is 5.91 Å². The van der Waals surface area contributed by atoms with Gasteiger partial charge in [0.1, 0.15) is 23.9 Å². The Bertz CT molecular complexity index is 2600. The quantitative estimate of drug-likeness (QED) is 0.185. The molecule has 0 bridgehead atoms. The van der Waals surface area contributed by atoms with Crippen LogP contribution in [-0.4, -0.2) is 135 Å². The summed E-state index contributed by atoms with van der Waals surface area (Å²) in [6.07, 6.45) is 6.44. The fraction of sp³-hybridized carbons (Fsp3) is 0.439. The fourth-order valence-corrected chi connectivity index (χ4v) is 10.3. The molecule has 18 nitrogen and oxygen atoms in total. The minimum atomic E-state index is -3.76. The van der Waals surface area contributed by atoms with Gasteiger partial charge in [-0.3, -0.25) is 29.7 Å². The number of sulfonamides is 1. The molecule has 3 saturated heterocycles. The Balaban J connectivity index is 0.806. The van der Waals surface area contributed by atoms with E-state index in [-0.39, 0.29) is 47.9 Å². The summed E-state index contributed by atoms with van der Waals surface area (Å²) in [5, 5.41) is 13.8. The molecule has 1 unspecified atom stereocenters. The average Bonchev–Trinajstić information content (AvgIpc) is 4.01. The van der Waals surface area contributed by atoms with Gasteiger partial charge in [-0.05, 0) is 68.5 Å². The number of piperazine rings is 1. The number of piperidine rings is 2. The standard InChI is InChI=1S/C41H47FN12O6S/c1-25(2)60-37-36(28-20-44-45-21-28)43-24-54-38(37)47-41(48-54)49(3)29-9-11-52(12-10-29)61(58,59)30-6-4-5-26(17-30)22-50-13-15-51(16-14-50)34-18-27-23-53(40(57)31(27)19-32(34)42)33-7-8-35(55)46-39(33)56/h4-6,17-21,24-25,29,33H,7-16,22-23H2,1-3H3,(H,44,45)(H,46,55,56). The molecule has 2 N–H and O–H groups in total. The van der Waals surface area contributed by atoms with Gasteiger partial charge < -0.3 is 19.4 Å². The Labute approximate surface area is 351 Å². The van der Waals surface area contributed by atoms with E-state index < -0.39 is 33.7 Å². The minimum Gasteiger partial charge on any atom is -0.485 e. The molecule has 7 heterocycles. The second-order valence-corrected chi connectivity index (χ2v) is 18.2. The number of amides is 3. The second kappa shape index (κ2) is 16.1. The van der Waals surface area contributed by atoms with Crippen molar-refractivity contribution in [3.8, 4) is 17.0 Å². The summed E-state index contributed by atoms with van der Waals surface area (Å²) in [6.45, 7) is 7.54. The van der Waals surface area contributed by atoms with Crippen molar-refractivity contribution in [2.75, 3.05) is 56.1 Å². The van der Waals surface area contributed by atoms with Crippen LogP contribution < -0.4 is 19.9 Å². The number of nitrogens with zero attached hydrogens (tertiary/aromatic N) is 10. The number of halogens is 1. The van der Waals surface area contributed by atoms with Crippen molar-refractivity contribution in [1.82, 2.24) is 49.2 Å². The third kappa shape index (κ3) is 7.78. The largest absolute Gasteiger partial charge is 0.485 e. The van der Waals surface area contributed by atoms with Crippen LogP contribution in [0.25, 0.3) is 16.9 Å². The molecule has 2 aromatic carbocycles. The van der Waals surface area contributed by atoms with E-state index in [1.54, 1.807) is 51.8 Å². The summed E-state index contributed by atoms with van der Waals surface area (Å²) in [6, 6.07) is 9.27. The molecule has 1 atom stereocenters. The summed E-state index contributed by atoms with van der Waals surface area (Å²) in [4.78, 5) is 54.5. The summed E-state index contributed by atoms with van der Waals surface area (Å²) in [5.74, 6) is -0.796. The first kappa shape index (κ1) is 40.4. The zero-order valence-electron chi connectivity index (χ0n) is 34.1. The molecule has 3 aromatic heterocycles. The van der Waals surface area contributed by atoms with E-state index in [0.717, 1.165) is 11.1 Å².